The van der Waals surface area contributed by atoms with Crippen molar-refractivity contribution in [1.82, 2.24) is 9.55 Å². The molecular formula is C14H16N2. The molecule has 0 fully saturated rings. The first-order valence-corrected chi connectivity index (χ1v) is 5.96. The van der Waals surface area contributed by atoms with Crippen LogP contribution in [0.3, 0.4) is 0 Å². The van der Waals surface area contributed by atoms with Crippen LogP contribution in [-0.4, -0.2) is 9.55 Å². The van der Waals surface area contributed by atoms with Gasteiger partial charge >= 0.3 is 0 Å². The summed E-state index contributed by atoms with van der Waals surface area (Å²) in [5, 5.41) is 0. The predicted octanol–water partition coefficient (Wildman–Crippen LogP) is 3.19. The summed E-state index contributed by atoms with van der Waals surface area (Å²) in [6, 6.07) is 8.71. The first kappa shape index (κ1) is 9.64. The van der Waals surface area contributed by atoms with Gasteiger partial charge in [0.1, 0.15) is 5.82 Å². The Bertz CT molecular complexity index is 494. The third-order valence-corrected chi connectivity index (χ3v) is 3.32. The molecule has 2 heteroatoms. The minimum Gasteiger partial charge on any atom is -0.328 e. The van der Waals surface area contributed by atoms with E-state index in [1.807, 2.05) is 6.20 Å². The molecular weight excluding hydrogens is 196 g/mol. The maximum Gasteiger partial charge on any atom is 0.109 e. The predicted molar refractivity (Wildman–Crippen MR) is 65.3 cm³/mol. The van der Waals surface area contributed by atoms with Crippen molar-refractivity contribution in [2.75, 3.05) is 0 Å². The SMILES string of the molecule is Cc1ccc(-c2cnc3n2CCCC3)cc1. The number of nitrogens with zero attached hydrogens (tertiary/aromatic N) is 2. The van der Waals surface area contributed by atoms with Gasteiger partial charge in [-0.25, -0.2) is 4.98 Å². The van der Waals surface area contributed by atoms with E-state index in [-0.39, 0.29) is 0 Å². The van der Waals surface area contributed by atoms with Gasteiger partial charge in [-0.2, -0.15) is 0 Å². The van der Waals surface area contributed by atoms with Gasteiger partial charge in [-0.3, -0.25) is 0 Å². The molecule has 0 saturated carbocycles. The van der Waals surface area contributed by atoms with Gasteiger partial charge in [-0.05, 0) is 25.3 Å². The van der Waals surface area contributed by atoms with Crippen LogP contribution in [0.25, 0.3) is 11.3 Å². The zero-order valence-electron chi connectivity index (χ0n) is 9.61. The average molecular weight is 212 g/mol. The number of hydrogen-bond donors (Lipinski definition) is 0. The molecule has 0 radical (unpaired) electrons. The summed E-state index contributed by atoms with van der Waals surface area (Å²) in [6.07, 6.45) is 5.71. The molecule has 0 aliphatic carbocycles. The van der Waals surface area contributed by atoms with Crippen molar-refractivity contribution in [3.05, 3.63) is 41.9 Å². The number of imidazole rings is 1. The van der Waals surface area contributed by atoms with Crippen LogP contribution in [0.2, 0.25) is 0 Å². The summed E-state index contributed by atoms with van der Waals surface area (Å²) in [5.41, 5.74) is 3.86. The Labute approximate surface area is 95.9 Å². The molecule has 2 heterocycles. The maximum absolute atomic E-state index is 4.52. The second-order valence-electron chi connectivity index (χ2n) is 4.53. The molecule has 2 nitrogen and oxygen atoms in total. The van der Waals surface area contributed by atoms with Gasteiger partial charge < -0.3 is 4.57 Å². The molecule has 0 atom stereocenters. The molecule has 82 valence electrons. The molecule has 16 heavy (non-hydrogen) atoms. The molecule has 1 aliphatic heterocycles. The van der Waals surface area contributed by atoms with Crippen LogP contribution < -0.4 is 0 Å². The second-order valence-corrected chi connectivity index (χ2v) is 4.53. The highest BCUT2D eigenvalue weighted by Gasteiger charge is 2.14. The van der Waals surface area contributed by atoms with Gasteiger partial charge in [0.05, 0.1) is 11.9 Å². The van der Waals surface area contributed by atoms with Crippen molar-refractivity contribution >= 4 is 0 Å². The van der Waals surface area contributed by atoms with Gasteiger partial charge in [0.2, 0.25) is 0 Å². The van der Waals surface area contributed by atoms with E-state index in [2.05, 4.69) is 40.7 Å². The highest BCUT2D eigenvalue weighted by Crippen LogP contribution is 2.25. The lowest BCUT2D eigenvalue weighted by Crippen LogP contribution is -2.11. The first-order chi connectivity index (χ1) is 7.84. The summed E-state index contributed by atoms with van der Waals surface area (Å²) in [6.45, 7) is 3.24. The third kappa shape index (κ3) is 1.54. The van der Waals surface area contributed by atoms with E-state index >= 15 is 0 Å². The maximum atomic E-state index is 4.52. The van der Waals surface area contributed by atoms with E-state index in [0.29, 0.717) is 0 Å². The highest BCUT2D eigenvalue weighted by atomic mass is 15.1. The Morgan fingerprint density at radius 1 is 1.12 bits per heavy atom. The van der Waals surface area contributed by atoms with Gasteiger partial charge in [0.15, 0.2) is 0 Å². The lowest BCUT2D eigenvalue weighted by atomic mass is 10.1. The fourth-order valence-electron chi connectivity index (χ4n) is 2.37. The lowest BCUT2D eigenvalue weighted by molar-refractivity contribution is 0.526. The fraction of sp³-hybridized carbons (Fsp3) is 0.357. The smallest absolute Gasteiger partial charge is 0.109 e. The monoisotopic (exact) mass is 212 g/mol. The first-order valence-electron chi connectivity index (χ1n) is 5.96. The molecule has 1 aromatic heterocycles. The van der Waals surface area contributed by atoms with Crippen LogP contribution in [0.4, 0.5) is 0 Å². The summed E-state index contributed by atoms with van der Waals surface area (Å²) >= 11 is 0. The Hall–Kier alpha value is -1.57. The fourth-order valence-corrected chi connectivity index (χ4v) is 2.37. The van der Waals surface area contributed by atoms with Crippen LogP contribution in [0.1, 0.15) is 24.2 Å². The quantitative estimate of drug-likeness (QED) is 0.709. The molecule has 0 N–H and O–H groups in total. The zero-order chi connectivity index (χ0) is 11.0. The highest BCUT2D eigenvalue weighted by molar-refractivity contribution is 5.59. The average Bonchev–Trinajstić information content (AvgIpc) is 2.74. The third-order valence-electron chi connectivity index (χ3n) is 3.32. The molecule has 1 aliphatic rings. The number of hydrogen-bond acceptors (Lipinski definition) is 1. The normalized spacial score (nSPS) is 14.8. The molecule has 0 bridgehead atoms. The Morgan fingerprint density at radius 2 is 1.94 bits per heavy atom. The van der Waals surface area contributed by atoms with E-state index in [1.165, 1.54) is 35.5 Å². The topological polar surface area (TPSA) is 17.8 Å². The van der Waals surface area contributed by atoms with Crippen molar-refractivity contribution in [2.45, 2.75) is 32.7 Å². The lowest BCUT2D eigenvalue weighted by Gasteiger charge is -2.16. The Balaban J connectivity index is 2.06. The Kier molecular flexibility index (Phi) is 2.28. The molecule has 1 aromatic carbocycles. The van der Waals surface area contributed by atoms with Gasteiger partial charge in [0, 0.05) is 13.0 Å². The van der Waals surface area contributed by atoms with Crippen molar-refractivity contribution in [1.29, 1.82) is 0 Å². The minimum absolute atomic E-state index is 1.12. The molecule has 0 spiro atoms. The van der Waals surface area contributed by atoms with Crippen molar-refractivity contribution in [3.63, 3.8) is 0 Å². The van der Waals surface area contributed by atoms with Crippen molar-refractivity contribution in [2.24, 2.45) is 0 Å². The van der Waals surface area contributed by atoms with Crippen LogP contribution in [0, 0.1) is 6.92 Å². The van der Waals surface area contributed by atoms with Gasteiger partial charge in [-0.1, -0.05) is 29.8 Å². The standard InChI is InChI=1S/C14H16N2/c1-11-5-7-12(8-6-11)13-10-15-14-4-2-3-9-16(13)14/h5-8,10H,2-4,9H2,1H3. The summed E-state index contributed by atoms with van der Waals surface area (Å²) in [5.74, 6) is 1.25. The molecule has 2 aromatic rings. The number of aryl methyl sites for hydroxylation is 2. The molecule has 0 unspecified atom stereocenters. The van der Waals surface area contributed by atoms with Gasteiger partial charge in [-0.15, -0.1) is 0 Å². The van der Waals surface area contributed by atoms with Crippen molar-refractivity contribution in [3.8, 4) is 11.3 Å². The van der Waals surface area contributed by atoms with Gasteiger partial charge in [0.25, 0.3) is 0 Å². The summed E-state index contributed by atoms with van der Waals surface area (Å²) < 4.78 is 2.37. The van der Waals surface area contributed by atoms with Crippen LogP contribution >= 0.6 is 0 Å². The molecule has 0 amide bonds. The summed E-state index contributed by atoms with van der Waals surface area (Å²) in [4.78, 5) is 4.52. The number of rotatable bonds is 1. The molecule has 0 saturated heterocycles. The molecule has 3 rings (SSSR count). The number of benzene rings is 1. The van der Waals surface area contributed by atoms with E-state index in [1.54, 1.807) is 0 Å². The van der Waals surface area contributed by atoms with Crippen LogP contribution in [0.5, 0.6) is 0 Å². The number of aromatic nitrogens is 2. The number of fused-ring (bicyclic) bond motifs is 1. The van der Waals surface area contributed by atoms with E-state index < -0.39 is 0 Å². The second kappa shape index (κ2) is 3.78. The van der Waals surface area contributed by atoms with Crippen LogP contribution in [-0.2, 0) is 13.0 Å². The summed E-state index contributed by atoms with van der Waals surface area (Å²) in [7, 11) is 0. The zero-order valence-corrected chi connectivity index (χ0v) is 9.61. The van der Waals surface area contributed by atoms with E-state index in [9.17, 15) is 0 Å². The van der Waals surface area contributed by atoms with Crippen molar-refractivity contribution < 1.29 is 0 Å². The minimum atomic E-state index is 1.12. The van der Waals surface area contributed by atoms with E-state index in [0.717, 1.165) is 13.0 Å². The largest absolute Gasteiger partial charge is 0.328 e. The Morgan fingerprint density at radius 3 is 2.75 bits per heavy atom. The van der Waals surface area contributed by atoms with Crippen LogP contribution in [0.15, 0.2) is 30.5 Å². The van der Waals surface area contributed by atoms with E-state index in [4.69, 9.17) is 0 Å².